The Balaban J connectivity index is 1.82. The monoisotopic (exact) mass is 419 g/mol. The Bertz CT molecular complexity index is 921. The fraction of sp³-hybridized carbons (Fsp3) is 0.240. The van der Waals surface area contributed by atoms with Crippen molar-refractivity contribution in [2.75, 3.05) is 0 Å². The lowest BCUT2D eigenvalue weighted by atomic mass is 10.0. The van der Waals surface area contributed by atoms with Gasteiger partial charge in [0, 0.05) is 6.54 Å². The molecule has 3 atom stereocenters. The van der Waals surface area contributed by atoms with Crippen molar-refractivity contribution < 1.29 is 15.0 Å². The molecule has 3 rings (SSSR count). The second-order valence-corrected chi connectivity index (χ2v) is 7.49. The smallest absolute Gasteiger partial charge is 0.422 e. The van der Waals surface area contributed by atoms with Gasteiger partial charge in [-0.2, -0.15) is 0 Å². The zero-order valence-corrected chi connectivity index (χ0v) is 17.6. The Labute approximate surface area is 183 Å². The van der Waals surface area contributed by atoms with Crippen molar-refractivity contribution in [1.82, 2.24) is 15.8 Å². The number of nitrogens with zero attached hydrogens (tertiary/aromatic N) is 1. The van der Waals surface area contributed by atoms with E-state index in [-0.39, 0.29) is 0 Å². The van der Waals surface area contributed by atoms with E-state index in [0.717, 1.165) is 21.7 Å². The maximum Gasteiger partial charge on any atom is 0.422 e. The van der Waals surface area contributed by atoms with E-state index in [0.29, 0.717) is 13.0 Å². The van der Waals surface area contributed by atoms with Crippen molar-refractivity contribution in [3.05, 3.63) is 108 Å². The maximum atomic E-state index is 12.2. The molecule has 0 aliphatic carbocycles. The van der Waals surface area contributed by atoms with Crippen molar-refractivity contribution >= 4 is 6.09 Å². The molecule has 1 amide bonds. The first-order chi connectivity index (χ1) is 15.0. The quantitative estimate of drug-likeness (QED) is 0.295. The normalized spacial score (nSPS) is 13.9. The lowest BCUT2D eigenvalue weighted by Gasteiger charge is -2.35. The van der Waals surface area contributed by atoms with Gasteiger partial charge in [0.2, 0.25) is 0 Å². The number of nitrogens with one attached hydrogen (secondary N) is 2. The van der Waals surface area contributed by atoms with E-state index in [1.165, 1.54) is 0 Å². The average Bonchev–Trinajstić information content (AvgIpc) is 2.79. The van der Waals surface area contributed by atoms with Crippen LogP contribution in [-0.4, -0.2) is 33.5 Å². The van der Waals surface area contributed by atoms with Crippen molar-refractivity contribution in [3.63, 3.8) is 0 Å². The molecule has 0 saturated carbocycles. The summed E-state index contributed by atoms with van der Waals surface area (Å²) in [5.74, 6) is 0. The number of rotatable bonds is 10. The summed E-state index contributed by atoms with van der Waals surface area (Å²) in [6.45, 7) is 2.17. The number of carbonyl (C=O) groups is 1. The first kappa shape index (κ1) is 22.5. The molecule has 3 aromatic carbocycles. The van der Waals surface area contributed by atoms with Gasteiger partial charge in [-0.05, 0) is 30.0 Å². The van der Waals surface area contributed by atoms with Crippen molar-refractivity contribution in [3.8, 4) is 0 Å². The molecule has 6 heteroatoms. The average molecular weight is 420 g/mol. The summed E-state index contributed by atoms with van der Waals surface area (Å²) in [5, 5.41) is 24.9. The van der Waals surface area contributed by atoms with E-state index in [2.05, 4.69) is 10.7 Å². The molecule has 162 valence electrons. The molecule has 31 heavy (non-hydrogen) atoms. The number of amides is 1. The summed E-state index contributed by atoms with van der Waals surface area (Å²) >= 11 is 0. The van der Waals surface area contributed by atoms with Crippen molar-refractivity contribution in [2.45, 2.75) is 38.2 Å². The van der Waals surface area contributed by atoms with Gasteiger partial charge < -0.3 is 10.2 Å². The minimum Gasteiger partial charge on any atom is -0.464 e. The summed E-state index contributed by atoms with van der Waals surface area (Å²) in [5.41, 5.74) is 6.04. The molecular weight excluding hydrogens is 390 g/mol. The maximum absolute atomic E-state index is 12.2. The van der Waals surface area contributed by atoms with Gasteiger partial charge in [-0.15, -0.1) is 0 Å². The van der Waals surface area contributed by atoms with E-state index in [9.17, 15) is 15.0 Å². The van der Waals surface area contributed by atoms with Crippen LogP contribution in [0.4, 0.5) is 4.79 Å². The summed E-state index contributed by atoms with van der Waals surface area (Å²) in [4.78, 5) is 12.2. The highest BCUT2D eigenvalue weighted by atomic mass is 16.4. The van der Waals surface area contributed by atoms with Crippen LogP contribution in [0.3, 0.4) is 0 Å². The Morgan fingerprint density at radius 3 is 1.90 bits per heavy atom. The molecule has 3 unspecified atom stereocenters. The largest absolute Gasteiger partial charge is 0.464 e. The number of carboxylic acid groups (broad SMARTS) is 1. The molecule has 0 radical (unpaired) electrons. The lowest BCUT2D eigenvalue weighted by Crippen LogP contribution is -2.57. The van der Waals surface area contributed by atoms with Crippen LogP contribution in [0.2, 0.25) is 0 Å². The lowest BCUT2D eigenvalue weighted by molar-refractivity contribution is 0.0180. The minimum absolute atomic E-state index is 0.387. The highest BCUT2D eigenvalue weighted by Gasteiger charge is 2.30. The molecule has 0 spiro atoms. The molecule has 0 fully saturated rings. The number of hydrazine groups is 1. The van der Waals surface area contributed by atoms with Crippen LogP contribution in [0.25, 0.3) is 0 Å². The zero-order chi connectivity index (χ0) is 22.1. The first-order valence-electron chi connectivity index (χ1n) is 10.4. The topological polar surface area (TPSA) is 84.8 Å². The van der Waals surface area contributed by atoms with Gasteiger partial charge in [-0.1, -0.05) is 91.0 Å². The number of hydrogen-bond donors (Lipinski definition) is 4. The summed E-state index contributed by atoms with van der Waals surface area (Å²) < 4.78 is 0. The Kier molecular flexibility index (Phi) is 8.18. The van der Waals surface area contributed by atoms with E-state index < -0.39 is 24.4 Å². The second kappa shape index (κ2) is 11.3. The van der Waals surface area contributed by atoms with Gasteiger partial charge in [0.15, 0.2) is 0 Å². The van der Waals surface area contributed by atoms with Gasteiger partial charge in [0.1, 0.15) is 6.17 Å². The van der Waals surface area contributed by atoms with Gasteiger partial charge in [0.25, 0.3) is 0 Å². The Morgan fingerprint density at radius 2 is 1.39 bits per heavy atom. The van der Waals surface area contributed by atoms with Crippen LogP contribution in [0.1, 0.15) is 29.8 Å². The minimum atomic E-state index is -1.15. The van der Waals surface area contributed by atoms with Crippen LogP contribution in [0.15, 0.2) is 91.0 Å². The molecule has 4 N–H and O–H groups in total. The summed E-state index contributed by atoms with van der Waals surface area (Å²) in [6, 6.07) is 28.4. The summed E-state index contributed by atoms with van der Waals surface area (Å²) in [6.07, 6.45) is -2.09. The second-order valence-electron chi connectivity index (χ2n) is 7.49. The van der Waals surface area contributed by atoms with Gasteiger partial charge in [-0.25, -0.2) is 15.2 Å². The standard InChI is InChI=1S/C25H29N3O3/c1-19(29)23(17-20-11-5-2-6-12-20)28(25(30)31)27-24(22-15-9-4-10-16-22)26-18-21-13-7-3-8-14-21/h2-16,19,23-24,26-27,29H,17-18H2,1H3,(H,30,31). The number of aliphatic hydroxyl groups excluding tert-OH is 1. The zero-order valence-electron chi connectivity index (χ0n) is 17.6. The van der Waals surface area contributed by atoms with Crippen molar-refractivity contribution in [2.24, 2.45) is 0 Å². The molecule has 0 aliphatic rings. The van der Waals surface area contributed by atoms with Crippen LogP contribution < -0.4 is 10.7 Å². The van der Waals surface area contributed by atoms with Gasteiger partial charge in [-0.3, -0.25) is 5.32 Å². The molecule has 6 nitrogen and oxygen atoms in total. The molecule has 0 aromatic heterocycles. The molecular formula is C25H29N3O3. The SMILES string of the molecule is CC(O)C(Cc1ccccc1)N(NC(NCc1ccccc1)c1ccccc1)C(=O)O. The molecule has 0 saturated heterocycles. The molecule has 0 bridgehead atoms. The Morgan fingerprint density at radius 1 is 0.871 bits per heavy atom. The third-order valence-corrected chi connectivity index (χ3v) is 5.14. The van der Waals surface area contributed by atoms with Gasteiger partial charge in [0.05, 0.1) is 12.1 Å². The van der Waals surface area contributed by atoms with E-state index in [1.807, 2.05) is 91.0 Å². The first-order valence-corrected chi connectivity index (χ1v) is 10.4. The van der Waals surface area contributed by atoms with Crippen LogP contribution in [0, 0.1) is 0 Å². The molecule has 3 aromatic rings. The third-order valence-electron chi connectivity index (χ3n) is 5.14. The fourth-order valence-electron chi connectivity index (χ4n) is 3.46. The number of hydrogen-bond acceptors (Lipinski definition) is 4. The predicted octanol–water partition coefficient (Wildman–Crippen LogP) is 3.95. The number of aliphatic hydroxyl groups is 1. The third kappa shape index (κ3) is 6.65. The number of benzene rings is 3. The summed E-state index contributed by atoms with van der Waals surface area (Å²) in [7, 11) is 0. The highest BCUT2D eigenvalue weighted by Crippen LogP contribution is 2.17. The molecule has 0 aliphatic heterocycles. The van der Waals surface area contributed by atoms with Crippen LogP contribution in [0.5, 0.6) is 0 Å². The van der Waals surface area contributed by atoms with E-state index in [1.54, 1.807) is 6.92 Å². The Hall–Kier alpha value is -3.19. The highest BCUT2D eigenvalue weighted by molar-refractivity contribution is 5.65. The van der Waals surface area contributed by atoms with E-state index in [4.69, 9.17) is 0 Å². The van der Waals surface area contributed by atoms with E-state index >= 15 is 0 Å². The molecule has 0 heterocycles. The fourth-order valence-corrected chi connectivity index (χ4v) is 3.46. The predicted molar refractivity (Wildman–Crippen MR) is 121 cm³/mol. The van der Waals surface area contributed by atoms with Crippen LogP contribution in [-0.2, 0) is 13.0 Å². The van der Waals surface area contributed by atoms with Crippen LogP contribution >= 0.6 is 0 Å². The van der Waals surface area contributed by atoms with Crippen molar-refractivity contribution in [1.29, 1.82) is 0 Å². The van der Waals surface area contributed by atoms with Gasteiger partial charge >= 0.3 is 6.09 Å².